The maximum Gasteiger partial charge on any atom is 0.335 e. The predicted octanol–water partition coefficient (Wildman–Crippen LogP) is 3.52. The summed E-state index contributed by atoms with van der Waals surface area (Å²) in [4.78, 5) is 46.3. The molecular formula is C32H32F2N6O6. The molecule has 3 heterocycles. The minimum Gasteiger partial charge on any atom is -0.452 e. The van der Waals surface area contributed by atoms with Crippen molar-refractivity contribution in [1.82, 2.24) is 14.1 Å². The molecule has 1 aliphatic rings. The number of morpholine rings is 1. The quantitative estimate of drug-likeness (QED) is 0.237. The first kappa shape index (κ1) is 32.1. The summed E-state index contributed by atoms with van der Waals surface area (Å²) in [5, 5.41) is 2.50. The predicted molar refractivity (Wildman–Crippen MR) is 168 cm³/mol. The molecule has 1 fully saturated rings. The lowest BCUT2D eigenvalue weighted by molar-refractivity contribution is 0.102. The highest BCUT2D eigenvalue weighted by Gasteiger charge is 2.20. The number of carbonyl (C=O) groups excluding carboxylic acids is 1. The van der Waals surface area contributed by atoms with E-state index in [1.807, 2.05) is 0 Å². The van der Waals surface area contributed by atoms with Crippen LogP contribution < -0.4 is 31.9 Å². The van der Waals surface area contributed by atoms with Crippen LogP contribution in [-0.4, -0.2) is 59.5 Å². The Bertz CT molecular complexity index is 1850. The van der Waals surface area contributed by atoms with Gasteiger partial charge in [-0.25, -0.2) is 18.1 Å². The normalized spacial score (nSPS) is 13.2. The van der Waals surface area contributed by atoms with Crippen molar-refractivity contribution in [2.75, 3.05) is 49.7 Å². The molecule has 0 bridgehead atoms. The van der Waals surface area contributed by atoms with Crippen molar-refractivity contribution in [3.8, 4) is 17.2 Å². The van der Waals surface area contributed by atoms with Crippen LogP contribution in [0.4, 0.5) is 20.2 Å². The molecule has 0 aliphatic carbocycles. The van der Waals surface area contributed by atoms with Crippen LogP contribution in [0.25, 0.3) is 11.8 Å². The summed E-state index contributed by atoms with van der Waals surface area (Å²) in [6.07, 6.45) is 5.61. The molecule has 14 heteroatoms. The van der Waals surface area contributed by atoms with Crippen LogP contribution in [0.15, 0.2) is 76.7 Å². The average molecular weight is 635 g/mol. The molecule has 0 unspecified atom stereocenters. The van der Waals surface area contributed by atoms with E-state index in [2.05, 4.69) is 15.2 Å². The summed E-state index contributed by atoms with van der Waals surface area (Å²) in [6, 6.07) is 10.2. The molecule has 240 valence electrons. The highest BCUT2D eigenvalue weighted by Crippen LogP contribution is 2.32. The number of nitrogens with one attached hydrogen (secondary N) is 1. The Morgan fingerprint density at radius 2 is 1.83 bits per heavy atom. The van der Waals surface area contributed by atoms with E-state index in [9.17, 15) is 18.8 Å². The summed E-state index contributed by atoms with van der Waals surface area (Å²) in [6.45, 7) is 4.81. The van der Waals surface area contributed by atoms with Gasteiger partial charge < -0.3 is 30.2 Å². The summed E-state index contributed by atoms with van der Waals surface area (Å²) >= 11 is 0. The van der Waals surface area contributed by atoms with E-state index in [0.717, 1.165) is 39.2 Å². The summed E-state index contributed by atoms with van der Waals surface area (Å²) < 4.78 is 47.4. The number of pyridine rings is 1. The molecule has 5 rings (SSSR count). The van der Waals surface area contributed by atoms with Crippen molar-refractivity contribution >= 4 is 23.4 Å². The van der Waals surface area contributed by atoms with Crippen LogP contribution in [0.2, 0.25) is 0 Å². The van der Waals surface area contributed by atoms with Gasteiger partial charge in [-0.2, -0.15) is 0 Å². The van der Waals surface area contributed by atoms with Crippen molar-refractivity contribution in [1.29, 1.82) is 0 Å². The van der Waals surface area contributed by atoms with Gasteiger partial charge in [0.25, 0.3) is 11.5 Å². The second-order valence-corrected chi connectivity index (χ2v) is 10.1. The van der Waals surface area contributed by atoms with E-state index in [1.165, 1.54) is 36.5 Å². The molecule has 2 aromatic carbocycles. The second kappa shape index (κ2) is 14.6. The molecule has 0 atom stereocenters. The smallest absolute Gasteiger partial charge is 0.335 e. The number of rotatable bonds is 11. The molecule has 4 aromatic rings. The van der Waals surface area contributed by atoms with Gasteiger partial charge in [0.15, 0.2) is 17.3 Å². The van der Waals surface area contributed by atoms with E-state index in [-0.39, 0.29) is 36.0 Å². The number of amides is 1. The molecule has 1 amide bonds. The van der Waals surface area contributed by atoms with Gasteiger partial charge in [-0.15, -0.1) is 0 Å². The molecule has 12 nitrogen and oxygen atoms in total. The number of hydrogen-bond donors (Lipinski definition) is 2. The van der Waals surface area contributed by atoms with Gasteiger partial charge >= 0.3 is 5.69 Å². The first-order chi connectivity index (χ1) is 22.3. The highest BCUT2D eigenvalue weighted by molar-refractivity contribution is 6.03. The van der Waals surface area contributed by atoms with Crippen LogP contribution in [0.5, 0.6) is 11.5 Å². The van der Waals surface area contributed by atoms with Crippen LogP contribution in [0.3, 0.4) is 0 Å². The lowest BCUT2D eigenvalue weighted by Gasteiger charge is -2.29. The van der Waals surface area contributed by atoms with Gasteiger partial charge in [0.1, 0.15) is 17.1 Å². The fourth-order valence-corrected chi connectivity index (χ4v) is 4.76. The maximum atomic E-state index is 15.3. The summed E-state index contributed by atoms with van der Waals surface area (Å²) in [5.41, 5.74) is 4.75. The SMILES string of the molecule is CCOCCn1cc(C(=O)Nc2ccc(Oc3cc(N4CCOCC4)cnc3C=CN)c(F)c2)c(=O)n(-c2ccc(F)cc2)c1=O. The van der Waals surface area contributed by atoms with Gasteiger partial charge in [-0.1, -0.05) is 0 Å². The molecule has 46 heavy (non-hydrogen) atoms. The zero-order valence-electron chi connectivity index (χ0n) is 24.9. The number of carbonyl (C=O) groups is 1. The lowest BCUT2D eigenvalue weighted by Crippen LogP contribution is -2.42. The van der Waals surface area contributed by atoms with Crippen LogP contribution in [0, 0.1) is 11.6 Å². The lowest BCUT2D eigenvalue weighted by atomic mass is 10.2. The Hall–Kier alpha value is -5.34. The third kappa shape index (κ3) is 7.30. The van der Waals surface area contributed by atoms with E-state index in [0.29, 0.717) is 38.6 Å². The minimum absolute atomic E-state index is 0.0249. The van der Waals surface area contributed by atoms with Gasteiger partial charge in [0, 0.05) is 43.7 Å². The van der Waals surface area contributed by atoms with Gasteiger partial charge in [-0.05, 0) is 55.6 Å². The average Bonchev–Trinajstić information content (AvgIpc) is 3.05. The molecule has 1 saturated heterocycles. The molecule has 2 aromatic heterocycles. The van der Waals surface area contributed by atoms with E-state index >= 15 is 4.39 Å². The summed E-state index contributed by atoms with van der Waals surface area (Å²) in [5.74, 6) is -2.14. The zero-order valence-corrected chi connectivity index (χ0v) is 24.9. The Morgan fingerprint density at radius 3 is 2.52 bits per heavy atom. The second-order valence-electron chi connectivity index (χ2n) is 10.1. The minimum atomic E-state index is -0.935. The molecule has 0 spiro atoms. The number of benzene rings is 2. The van der Waals surface area contributed by atoms with Crippen LogP contribution >= 0.6 is 0 Å². The fraction of sp³-hybridized carbons (Fsp3) is 0.250. The van der Waals surface area contributed by atoms with Crippen molar-refractivity contribution in [3.63, 3.8) is 0 Å². The molecule has 1 aliphatic heterocycles. The number of halogens is 2. The van der Waals surface area contributed by atoms with Gasteiger partial charge in [-0.3, -0.25) is 19.1 Å². The first-order valence-corrected chi connectivity index (χ1v) is 14.5. The largest absolute Gasteiger partial charge is 0.452 e. The van der Waals surface area contributed by atoms with E-state index in [4.69, 9.17) is 19.9 Å². The topological polar surface area (TPSA) is 143 Å². The first-order valence-electron chi connectivity index (χ1n) is 14.5. The fourth-order valence-electron chi connectivity index (χ4n) is 4.76. The van der Waals surface area contributed by atoms with Crippen molar-refractivity contribution in [2.45, 2.75) is 13.5 Å². The zero-order chi connectivity index (χ0) is 32.6. The van der Waals surface area contributed by atoms with Crippen molar-refractivity contribution in [2.24, 2.45) is 5.73 Å². The Morgan fingerprint density at radius 1 is 1.07 bits per heavy atom. The third-order valence-corrected chi connectivity index (χ3v) is 7.07. The van der Waals surface area contributed by atoms with Gasteiger partial charge in [0.2, 0.25) is 0 Å². The Labute approximate surface area is 262 Å². The monoisotopic (exact) mass is 634 g/mol. The van der Waals surface area contributed by atoms with Crippen LogP contribution in [0.1, 0.15) is 23.0 Å². The molecule has 0 saturated carbocycles. The van der Waals surface area contributed by atoms with Crippen molar-refractivity contribution in [3.05, 3.63) is 111 Å². The molecule has 3 N–H and O–H groups in total. The van der Waals surface area contributed by atoms with Gasteiger partial charge in [0.05, 0.1) is 43.9 Å². The molecule has 0 radical (unpaired) electrons. The highest BCUT2D eigenvalue weighted by atomic mass is 19.1. The number of nitrogens with zero attached hydrogens (tertiary/aromatic N) is 4. The van der Waals surface area contributed by atoms with E-state index in [1.54, 1.807) is 19.2 Å². The van der Waals surface area contributed by atoms with Crippen molar-refractivity contribution < 1.29 is 27.8 Å². The van der Waals surface area contributed by atoms with E-state index < -0.39 is 34.4 Å². The Balaban J connectivity index is 1.41. The number of hydrogen-bond acceptors (Lipinski definition) is 9. The van der Waals surface area contributed by atoms with Crippen LogP contribution in [-0.2, 0) is 16.0 Å². The number of ether oxygens (including phenoxy) is 3. The molecular weight excluding hydrogens is 602 g/mol. The number of aromatic nitrogens is 3. The third-order valence-electron chi connectivity index (χ3n) is 7.07. The Kier molecular flexibility index (Phi) is 10.2. The number of nitrogens with two attached hydrogens (primary N) is 1. The standard InChI is InChI=1S/C32H32F2N6O6/c1-2-44-14-13-39-20-25(31(42)40(32(39)43)23-6-3-21(33)4-7-23)30(41)37-22-5-8-28(26(34)17-22)46-29-18-24(19-36-27(29)9-10-35)38-11-15-45-16-12-38/h3-10,17-20H,2,11-16,35H2,1H3,(H,37,41). The maximum absolute atomic E-state index is 15.3. The number of anilines is 2. The summed E-state index contributed by atoms with van der Waals surface area (Å²) in [7, 11) is 0.